The third kappa shape index (κ3) is 3.39. The molecule has 2 saturated heterocycles. The second-order valence-electron chi connectivity index (χ2n) is 6.15. The maximum atomic E-state index is 5.84. The number of anilines is 2. The van der Waals surface area contributed by atoms with Gasteiger partial charge in [-0.25, -0.2) is 0 Å². The first kappa shape index (κ1) is 14.4. The number of likely N-dealkylation sites (tertiary alicyclic amines) is 1. The van der Waals surface area contributed by atoms with Gasteiger partial charge in [-0.2, -0.15) is 0 Å². The van der Waals surface area contributed by atoms with Crippen molar-refractivity contribution in [2.45, 2.75) is 25.7 Å². The summed E-state index contributed by atoms with van der Waals surface area (Å²) in [4.78, 5) is 5.19. The van der Waals surface area contributed by atoms with Gasteiger partial charge in [0.05, 0.1) is 5.69 Å². The van der Waals surface area contributed by atoms with E-state index in [9.17, 15) is 0 Å². The van der Waals surface area contributed by atoms with Crippen molar-refractivity contribution in [2.75, 3.05) is 43.4 Å². The molecule has 0 spiro atoms. The molecule has 4 heteroatoms. The van der Waals surface area contributed by atoms with Gasteiger partial charge in [-0.3, -0.25) is 0 Å². The van der Waals surface area contributed by atoms with Crippen LogP contribution in [0.5, 0.6) is 0 Å². The fourth-order valence-electron chi connectivity index (χ4n) is 3.47. The van der Waals surface area contributed by atoms with Gasteiger partial charge >= 0.3 is 0 Å². The molecular formula is C16H24IN3. The molecule has 2 fully saturated rings. The summed E-state index contributed by atoms with van der Waals surface area (Å²) in [5.74, 6) is 0.899. The molecule has 0 aliphatic carbocycles. The lowest BCUT2D eigenvalue weighted by Gasteiger charge is -2.35. The Bertz CT molecular complexity index is 449. The molecule has 0 bridgehead atoms. The molecule has 1 aromatic rings. The van der Waals surface area contributed by atoms with Crippen LogP contribution in [0.15, 0.2) is 18.2 Å². The third-order valence-electron chi connectivity index (χ3n) is 4.64. The fraction of sp³-hybridized carbons (Fsp3) is 0.625. The number of nitrogens with zero attached hydrogens (tertiary/aromatic N) is 2. The van der Waals surface area contributed by atoms with Crippen molar-refractivity contribution in [3.63, 3.8) is 0 Å². The smallest absolute Gasteiger partial charge is 0.0503 e. The summed E-state index contributed by atoms with van der Waals surface area (Å²) in [7, 11) is 0. The van der Waals surface area contributed by atoms with Gasteiger partial charge in [0.1, 0.15) is 0 Å². The Morgan fingerprint density at radius 2 is 1.80 bits per heavy atom. The van der Waals surface area contributed by atoms with E-state index >= 15 is 0 Å². The van der Waals surface area contributed by atoms with Gasteiger partial charge in [-0.1, -0.05) is 0 Å². The van der Waals surface area contributed by atoms with Crippen molar-refractivity contribution >= 4 is 34.0 Å². The van der Waals surface area contributed by atoms with Crippen molar-refractivity contribution in [3.8, 4) is 0 Å². The zero-order valence-corrected chi connectivity index (χ0v) is 14.2. The first-order valence-corrected chi connectivity index (χ1v) is 8.82. The van der Waals surface area contributed by atoms with Gasteiger partial charge < -0.3 is 15.5 Å². The molecule has 3 nitrogen and oxygen atoms in total. The molecule has 0 saturated carbocycles. The number of hydrogen-bond donors (Lipinski definition) is 1. The molecule has 110 valence electrons. The van der Waals surface area contributed by atoms with Crippen molar-refractivity contribution in [3.05, 3.63) is 21.8 Å². The molecule has 0 atom stereocenters. The molecule has 2 heterocycles. The van der Waals surface area contributed by atoms with Crippen molar-refractivity contribution in [2.24, 2.45) is 5.92 Å². The summed E-state index contributed by atoms with van der Waals surface area (Å²) in [6.45, 7) is 6.37. The number of rotatable bonds is 3. The van der Waals surface area contributed by atoms with Crippen molar-refractivity contribution < 1.29 is 0 Å². The first-order valence-electron chi connectivity index (χ1n) is 7.75. The maximum absolute atomic E-state index is 5.84. The van der Waals surface area contributed by atoms with Crippen molar-refractivity contribution in [1.29, 1.82) is 0 Å². The van der Waals surface area contributed by atoms with E-state index in [1.807, 2.05) is 6.07 Å². The van der Waals surface area contributed by atoms with Crippen LogP contribution in [-0.2, 0) is 0 Å². The number of piperidine rings is 1. The highest BCUT2D eigenvalue weighted by Crippen LogP contribution is 2.29. The average molecular weight is 385 g/mol. The fourth-order valence-corrected chi connectivity index (χ4v) is 4.35. The molecule has 2 N–H and O–H groups in total. The van der Waals surface area contributed by atoms with Crippen LogP contribution in [0, 0.1) is 9.49 Å². The summed E-state index contributed by atoms with van der Waals surface area (Å²) in [6.07, 6.45) is 5.47. The topological polar surface area (TPSA) is 32.5 Å². The van der Waals surface area contributed by atoms with Crippen LogP contribution < -0.4 is 10.6 Å². The molecule has 2 aliphatic rings. The van der Waals surface area contributed by atoms with Gasteiger partial charge in [0, 0.05) is 28.9 Å². The molecule has 3 rings (SSSR count). The predicted octanol–water partition coefficient (Wildman–Crippen LogP) is 3.19. The van der Waals surface area contributed by atoms with Gasteiger partial charge in [0.2, 0.25) is 0 Å². The molecule has 0 unspecified atom stereocenters. The second kappa shape index (κ2) is 6.52. The van der Waals surface area contributed by atoms with Crippen LogP contribution in [-0.4, -0.2) is 37.6 Å². The lowest BCUT2D eigenvalue weighted by Crippen LogP contribution is -2.38. The maximum Gasteiger partial charge on any atom is 0.0503 e. The summed E-state index contributed by atoms with van der Waals surface area (Å²) in [6, 6.07) is 6.28. The lowest BCUT2D eigenvalue weighted by atomic mass is 9.96. The van der Waals surface area contributed by atoms with Gasteiger partial charge in [0.15, 0.2) is 0 Å². The standard InChI is InChI=1S/C16H24IN3/c17-15-11-14(18)3-4-16(15)20-9-5-13(6-10-20)12-19-7-1-2-8-19/h3-4,11,13H,1-2,5-10,12,18H2. The van der Waals surface area contributed by atoms with E-state index in [0.717, 1.165) is 11.6 Å². The third-order valence-corrected chi connectivity index (χ3v) is 5.51. The van der Waals surface area contributed by atoms with Crippen LogP contribution in [0.2, 0.25) is 0 Å². The Morgan fingerprint density at radius 1 is 1.10 bits per heavy atom. The van der Waals surface area contributed by atoms with E-state index in [0.29, 0.717) is 0 Å². The summed E-state index contributed by atoms with van der Waals surface area (Å²) in [5, 5.41) is 0. The molecule has 20 heavy (non-hydrogen) atoms. The molecule has 0 aromatic heterocycles. The van der Waals surface area contributed by atoms with E-state index in [1.165, 1.54) is 67.7 Å². The Hall–Kier alpha value is -0.490. The van der Waals surface area contributed by atoms with E-state index < -0.39 is 0 Å². The second-order valence-corrected chi connectivity index (χ2v) is 7.31. The van der Waals surface area contributed by atoms with Crippen LogP contribution >= 0.6 is 22.6 Å². The minimum atomic E-state index is 0.863. The average Bonchev–Trinajstić information content (AvgIpc) is 2.93. The van der Waals surface area contributed by atoms with Gasteiger partial charge in [-0.15, -0.1) is 0 Å². The van der Waals surface area contributed by atoms with Crippen molar-refractivity contribution in [1.82, 2.24) is 4.90 Å². The highest BCUT2D eigenvalue weighted by atomic mass is 127. The summed E-state index contributed by atoms with van der Waals surface area (Å²) < 4.78 is 1.28. The molecule has 0 radical (unpaired) electrons. The Kier molecular flexibility index (Phi) is 4.71. The monoisotopic (exact) mass is 385 g/mol. The van der Waals surface area contributed by atoms with E-state index in [1.54, 1.807) is 0 Å². The number of nitrogen functional groups attached to an aromatic ring is 1. The van der Waals surface area contributed by atoms with E-state index in [2.05, 4.69) is 44.5 Å². The van der Waals surface area contributed by atoms with Gasteiger partial charge in [0.25, 0.3) is 0 Å². The summed E-state index contributed by atoms with van der Waals surface area (Å²) in [5.41, 5.74) is 8.07. The molecule has 0 amide bonds. The van der Waals surface area contributed by atoms with Crippen LogP contribution in [0.3, 0.4) is 0 Å². The minimum Gasteiger partial charge on any atom is -0.399 e. The Labute approximate surface area is 135 Å². The number of hydrogen-bond acceptors (Lipinski definition) is 3. The van der Waals surface area contributed by atoms with Crippen LogP contribution in [0.4, 0.5) is 11.4 Å². The number of nitrogens with two attached hydrogens (primary N) is 1. The minimum absolute atomic E-state index is 0.863. The van der Waals surface area contributed by atoms with Gasteiger partial charge in [-0.05, 0) is 85.5 Å². The normalized spacial score (nSPS) is 21.6. The van der Waals surface area contributed by atoms with Crippen LogP contribution in [0.1, 0.15) is 25.7 Å². The summed E-state index contributed by atoms with van der Waals surface area (Å²) >= 11 is 2.40. The predicted molar refractivity (Wildman–Crippen MR) is 94.2 cm³/mol. The molecule has 2 aliphatic heterocycles. The molecule has 1 aromatic carbocycles. The first-order chi connectivity index (χ1) is 9.72. The zero-order valence-electron chi connectivity index (χ0n) is 12.0. The number of benzene rings is 1. The van der Waals surface area contributed by atoms with Crippen LogP contribution in [0.25, 0.3) is 0 Å². The SMILES string of the molecule is Nc1ccc(N2CCC(CN3CCCC3)CC2)c(I)c1. The lowest BCUT2D eigenvalue weighted by molar-refractivity contribution is 0.249. The number of halogens is 1. The highest BCUT2D eigenvalue weighted by molar-refractivity contribution is 14.1. The highest BCUT2D eigenvalue weighted by Gasteiger charge is 2.23. The van der Waals surface area contributed by atoms with E-state index in [4.69, 9.17) is 5.73 Å². The zero-order chi connectivity index (χ0) is 13.9. The van der Waals surface area contributed by atoms with E-state index in [-0.39, 0.29) is 0 Å². The largest absolute Gasteiger partial charge is 0.399 e. The molecular weight excluding hydrogens is 361 g/mol. The quantitative estimate of drug-likeness (QED) is 0.641. The Morgan fingerprint density at radius 3 is 2.45 bits per heavy atom. The Balaban J connectivity index is 1.55.